The van der Waals surface area contributed by atoms with Crippen molar-refractivity contribution in [2.45, 2.75) is 13.8 Å². The summed E-state index contributed by atoms with van der Waals surface area (Å²) in [5.74, 6) is -0.823. The topological polar surface area (TPSA) is 131 Å². The Labute approximate surface area is 141 Å². The Morgan fingerprint density at radius 3 is 2.72 bits per heavy atom. The van der Waals surface area contributed by atoms with Gasteiger partial charge in [0.25, 0.3) is 0 Å². The standard InChI is InChI=1S/C16H16FN5O3/c1-7-12(8(2)25-22-7)13-14(9-3-4-11(24)10(17)5-9)20-21-15(13)16(18)19-6-23/h3-5,23-24H,6H2,1-2H3,(H2,18,19)(H,20,21). The van der Waals surface area contributed by atoms with Gasteiger partial charge >= 0.3 is 0 Å². The second kappa shape index (κ2) is 6.36. The molecule has 3 aromatic rings. The van der Waals surface area contributed by atoms with Crippen LogP contribution in [0.2, 0.25) is 0 Å². The van der Waals surface area contributed by atoms with Crippen molar-refractivity contribution in [3.63, 3.8) is 0 Å². The molecule has 2 heterocycles. The molecule has 0 unspecified atom stereocenters. The van der Waals surface area contributed by atoms with E-state index in [1.54, 1.807) is 13.8 Å². The molecular weight excluding hydrogens is 329 g/mol. The third kappa shape index (κ3) is 2.85. The Kier molecular flexibility index (Phi) is 4.24. The maximum atomic E-state index is 13.8. The molecular formula is C16H16FN5O3. The number of aliphatic hydroxyl groups excluding tert-OH is 1. The molecule has 25 heavy (non-hydrogen) atoms. The van der Waals surface area contributed by atoms with Crippen molar-refractivity contribution in [2.24, 2.45) is 0 Å². The third-order valence-electron chi connectivity index (χ3n) is 3.78. The summed E-state index contributed by atoms with van der Waals surface area (Å²) in [6, 6.07) is 3.90. The highest BCUT2D eigenvalue weighted by molar-refractivity contribution is 6.04. The Balaban J connectivity index is 2.26. The zero-order valence-electron chi connectivity index (χ0n) is 13.5. The summed E-state index contributed by atoms with van der Waals surface area (Å²) in [5.41, 5.74) is 2.77. The van der Waals surface area contributed by atoms with Crippen LogP contribution in [-0.2, 0) is 0 Å². The zero-order valence-corrected chi connectivity index (χ0v) is 13.5. The molecule has 0 amide bonds. The summed E-state index contributed by atoms with van der Waals surface area (Å²) in [4.78, 5) is 0. The van der Waals surface area contributed by atoms with Gasteiger partial charge in [-0.05, 0) is 32.0 Å². The minimum Gasteiger partial charge on any atom is -0.505 e. The monoisotopic (exact) mass is 345 g/mol. The van der Waals surface area contributed by atoms with Crippen molar-refractivity contribution in [2.75, 3.05) is 6.73 Å². The minimum absolute atomic E-state index is 0.0875. The first-order chi connectivity index (χ1) is 11.9. The van der Waals surface area contributed by atoms with Gasteiger partial charge in [-0.2, -0.15) is 5.10 Å². The number of hydrogen-bond acceptors (Lipinski definition) is 6. The van der Waals surface area contributed by atoms with Crippen LogP contribution >= 0.6 is 0 Å². The zero-order chi connectivity index (χ0) is 18.1. The van der Waals surface area contributed by atoms with Gasteiger partial charge in [0.05, 0.1) is 11.3 Å². The summed E-state index contributed by atoms with van der Waals surface area (Å²) in [5, 5.41) is 39.8. The highest BCUT2D eigenvalue weighted by atomic mass is 19.1. The molecule has 130 valence electrons. The van der Waals surface area contributed by atoms with Crippen LogP contribution in [0, 0.1) is 25.1 Å². The van der Waals surface area contributed by atoms with Crippen LogP contribution in [0.5, 0.6) is 5.75 Å². The number of halogens is 1. The van der Waals surface area contributed by atoms with Gasteiger partial charge in [0.15, 0.2) is 11.6 Å². The lowest BCUT2D eigenvalue weighted by atomic mass is 9.97. The molecule has 0 spiro atoms. The van der Waals surface area contributed by atoms with Crippen molar-refractivity contribution < 1.29 is 19.1 Å². The number of nitrogens with one attached hydrogen (secondary N) is 3. The van der Waals surface area contributed by atoms with Crippen LogP contribution in [0.4, 0.5) is 4.39 Å². The fourth-order valence-electron chi connectivity index (χ4n) is 2.64. The number of benzene rings is 1. The summed E-state index contributed by atoms with van der Waals surface area (Å²) in [6.07, 6.45) is 0. The number of aromatic amines is 1. The number of rotatable bonds is 4. The van der Waals surface area contributed by atoms with Gasteiger partial charge in [-0.1, -0.05) is 5.16 Å². The van der Waals surface area contributed by atoms with Crippen molar-refractivity contribution in [3.8, 4) is 28.1 Å². The summed E-state index contributed by atoms with van der Waals surface area (Å²) >= 11 is 0. The number of phenols is 1. The molecule has 0 aliphatic carbocycles. The first kappa shape index (κ1) is 16.7. The average molecular weight is 345 g/mol. The number of phenolic OH excluding ortho intramolecular Hbond substituents is 1. The van der Waals surface area contributed by atoms with Gasteiger partial charge in [0.2, 0.25) is 0 Å². The molecule has 9 heteroatoms. The van der Waals surface area contributed by atoms with E-state index >= 15 is 0 Å². The first-order valence-electron chi connectivity index (χ1n) is 7.38. The van der Waals surface area contributed by atoms with Crippen LogP contribution in [0.3, 0.4) is 0 Å². The van der Waals surface area contributed by atoms with E-state index in [0.29, 0.717) is 39.5 Å². The van der Waals surface area contributed by atoms with E-state index in [9.17, 15) is 9.50 Å². The molecule has 0 aliphatic heterocycles. The SMILES string of the molecule is Cc1noc(C)c1-c1c(-c2ccc(O)c(F)c2)n[nH]c1C(=N)NCO. The molecule has 0 bridgehead atoms. The second-order valence-electron chi connectivity index (χ2n) is 5.40. The van der Waals surface area contributed by atoms with Gasteiger partial charge in [-0.3, -0.25) is 10.5 Å². The Hall–Kier alpha value is -3.20. The molecule has 2 aromatic heterocycles. The lowest BCUT2D eigenvalue weighted by molar-refractivity contribution is 0.286. The summed E-state index contributed by atoms with van der Waals surface area (Å²) in [7, 11) is 0. The van der Waals surface area contributed by atoms with Crippen molar-refractivity contribution in [3.05, 3.63) is 41.2 Å². The van der Waals surface area contributed by atoms with Crippen LogP contribution < -0.4 is 5.32 Å². The van der Waals surface area contributed by atoms with E-state index in [1.807, 2.05) is 0 Å². The lowest BCUT2D eigenvalue weighted by Gasteiger charge is -2.08. The molecule has 5 N–H and O–H groups in total. The number of aromatic hydroxyl groups is 1. The van der Waals surface area contributed by atoms with Crippen LogP contribution in [0.25, 0.3) is 22.4 Å². The van der Waals surface area contributed by atoms with Crippen LogP contribution in [-0.4, -0.2) is 38.1 Å². The van der Waals surface area contributed by atoms with Gasteiger partial charge in [-0.25, -0.2) is 4.39 Å². The molecule has 0 atom stereocenters. The third-order valence-corrected chi connectivity index (χ3v) is 3.78. The van der Waals surface area contributed by atoms with Gasteiger partial charge < -0.3 is 20.1 Å². The Morgan fingerprint density at radius 1 is 1.36 bits per heavy atom. The minimum atomic E-state index is -0.782. The quantitative estimate of drug-likeness (QED) is 0.279. The highest BCUT2D eigenvalue weighted by Crippen LogP contribution is 2.37. The fraction of sp³-hybridized carbons (Fsp3) is 0.188. The molecule has 0 saturated carbocycles. The summed E-state index contributed by atoms with van der Waals surface area (Å²) in [6.45, 7) is 3.03. The molecule has 0 aliphatic rings. The maximum Gasteiger partial charge on any atom is 0.165 e. The lowest BCUT2D eigenvalue weighted by Crippen LogP contribution is -2.25. The normalized spacial score (nSPS) is 10.9. The van der Waals surface area contributed by atoms with E-state index in [1.165, 1.54) is 12.1 Å². The van der Waals surface area contributed by atoms with E-state index in [0.717, 1.165) is 6.07 Å². The van der Waals surface area contributed by atoms with E-state index < -0.39 is 18.3 Å². The number of amidine groups is 1. The smallest absolute Gasteiger partial charge is 0.165 e. The van der Waals surface area contributed by atoms with E-state index in [2.05, 4.69) is 20.7 Å². The summed E-state index contributed by atoms with van der Waals surface area (Å²) < 4.78 is 19.0. The number of aryl methyl sites for hydroxylation is 2. The average Bonchev–Trinajstić information content (AvgIpc) is 3.13. The van der Waals surface area contributed by atoms with Crippen LogP contribution in [0.15, 0.2) is 22.7 Å². The molecule has 0 saturated heterocycles. The van der Waals surface area contributed by atoms with Crippen molar-refractivity contribution in [1.82, 2.24) is 20.7 Å². The van der Waals surface area contributed by atoms with Crippen LogP contribution in [0.1, 0.15) is 17.1 Å². The number of nitrogens with zero attached hydrogens (tertiary/aromatic N) is 2. The van der Waals surface area contributed by atoms with Gasteiger partial charge in [0, 0.05) is 11.1 Å². The number of hydrogen-bond donors (Lipinski definition) is 5. The van der Waals surface area contributed by atoms with Gasteiger partial charge in [0.1, 0.15) is 29.7 Å². The molecule has 1 aromatic carbocycles. The Bertz CT molecular complexity index is 928. The van der Waals surface area contributed by atoms with E-state index in [4.69, 9.17) is 15.0 Å². The number of aromatic nitrogens is 3. The largest absolute Gasteiger partial charge is 0.505 e. The molecule has 8 nitrogen and oxygen atoms in total. The second-order valence-corrected chi connectivity index (χ2v) is 5.40. The maximum absolute atomic E-state index is 13.8. The highest BCUT2D eigenvalue weighted by Gasteiger charge is 2.25. The Morgan fingerprint density at radius 2 is 2.12 bits per heavy atom. The van der Waals surface area contributed by atoms with E-state index in [-0.39, 0.29) is 5.84 Å². The van der Waals surface area contributed by atoms with Gasteiger partial charge in [-0.15, -0.1) is 0 Å². The van der Waals surface area contributed by atoms with Crippen molar-refractivity contribution in [1.29, 1.82) is 5.41 Å². The number of H-pyrrole nitrogens is 1. The predicted molar refractivity (Wildman–Crippen MR) is 87.7 cm³/mol. The molecule has 0 radical (unpaired) electrons. The molecule has 0 fully saturated rings. The predicted octanol–water partition coefficient (Wildman–Crippen LogP) is 2.06. The fourth-order valence-corrected chi connectivity index (χ4v) is 2.64. The van der Waals surface area contributed by atoms with Crippen molar-refractivity contribution >= 4 is 5.84 Å². The molecule has 3 rings (SSSR count). The first-order valence-corrected chi connectivity index (χ1v) is 7.38. The number of aliphatic hydroxyl groups is 1.